The van der Waals surface area contributed by atoms with Gasteiger partial charge in [-0.3, -0.25) is 0 Å². The first kappa shape index (κ1) is 16.9. The van der Waals surface area contributed by atoms with Crippen LogP contribution in [0.25, 0.3) is 0 Å². The summed E-state index contributed by atoms with van der Waals surface area (Å²) in [4.78, 5) is 5.06. The molecule has 1 fully saturated rings. The summed E-state index contributed by atoms with van der Waals surface area (Å²) in [6.07, 6.45) is 0. The molecule has 1 aromatic rings. The van der Waals surface area contributed by atoms with Crippen LogP contribution < -0.4 is 10.6 Å². The van der Waals surface area contributed by atoms with Gasteiger partial charge < -0.3 is 10.6 Å². The van der Waals surface area contributed by atoms with Crippen LogP contribution in [0.1, 0.15) is 11.1 Å². The number of aryl methyl sites for hydroxylation is 1. The summed E-state index contributed by atoms with van der Waals surface area (Å²) in [7, 11) is -1.58. The van der Waals surface area contributed by atoms with Gasteiger partial charge >= 0.3 is 0 Å². The van der Waals surface area contributed by atoms with Gasteiger partial charge in [-0.25, -0.2) is 13.4 Å². The van der Waals surface area contributed by atoms with Crippen molar-refractivity contribution >= 4 is 26.0 Å². The van der Waals surface area contributed by atoms with Crippen molar-refractivity contribution in [1.82, 2.24) is 14.7 Å². The first-order chi connectivity index (χ1) is 9.83. The van der Waals surface area contributed by atoms with Crippen LogP contribution in [0.3, 0.4) is 0 Å². The SMILES string of the molecule is Cc1cc(CN)cc(S(=O)(=O)NN2CCN(C)CC2)c1Br. The molecule has 0 aromatic heterocycles. The topological polar surface area (TPSA) is 78.7 Å². The second-order valence-corrected chi connectivity index (χ2v) is 7.74. The van der Waals surface area contributed by atoms with Crippen LogP contribution in [0, 0.1) is 6.92 Å². The predicted molar refractivity (Wildman–Crippen MR) is 86.2 cm³/mol. The molecular formula is C13H21BrN4O2S. The zero-order valence-electron chi connectivity index (χ0n) is 12.3. The average molecular weight is 377 g/mol. The van der Waals surface area contributed by atoms with E-state index in [0.717, 1.165) is 24.2 Å². The van der Waals surface area contributed by atoms with Crippen molar-refractivity contribution in [2.45, 2.75) is 18.4 Å². The molecule has 6 nitrogen and oxygen atoms in total. The fourth-order valence-corrected chi connectivity index (χ4v) is 4.43. The number of piperazine rings is 1. The number of nitrogens with one attached hydrogen (secondary N) is 1. The van der Waals surface area contributed by atoms with Gasteiger partial charge in [-0.15, -0.1) is 4.83 Å². The van der Waals surface area contributed by atoms with E-state index < -0.39 is 10.0 Å². The molecule has 0 spiro atoms. The lowest BCUT2D eigenvalue weighted by Crippen LogP contribution is -2.52. The molecule has 0 aliphatic carbocycles. The molecule has 1 heterocycles. The minimum atomic E-state index is -3.61. The Labute approximate surface area is 134 Å². The van der Waals surface area contributed by atoms with Crippen LogP contribution >= 0.6 is 15.9 Å². The van der Waals surface area contributed by atoms with Gasteiger partial charge in [-0.2, -0.15) is 0 Å². The number of halogens is 1. The van der Waals surface area contributed by atoms with E-state index in [1.54, 1.807) is 11.1 Å². The minimum absolute atomic E-state index is 0.238. The number of hydrazine groups is 1. The first-order valence-corrected chi connectivity index (χ1v) is 9.06. The number of benzene rings is 1. The third-order valence-electron chi connectivity index (χ3n) is 3.56. The van der Waals surface area contributed by atoms with E-state index in [1.165, 1.54) is 0 Å². The molecule has 0 saturated carbocycles. The van der Waals surface area contributed by atoms with Crippen molar-refractivity contribution in [3.63, 3.8) is 0 Å². The molecule has 0 unspecified atom stereocenters. The third-order valence-corrected chi connectivity index (χ3v) is 6.27. The highest BCUT2D eigenvalue weighted by Gasteiger charge is 2.24. The van der Waals surface area contributed by atoms with E-state index in [0.29, 0.717) is 24.1 Å². The molecule has 118 valence electrons. The average Bonchev–Trinajstić information content (AvgIpc) is 2.43. The number of likely N-dealkylation sites (N-methyl/N-ethyl adjacent to an activating group) is 1. The number of nitrogens with zero attached hydrogens (tertiary/aromatic N) is 2. The lowest BCUT2D eigenvalue weighted by atomic mass is 10.1. The zero-order valence-corrected chi connectivity index (χ0v) is 14.7. The van der Waals surface area contributed by atoms with Crippen molar-refractivity contribution in [2.24, 2.45) is 5.73 Å². The van der Waals surface area contributed by atoms with Gasteiger partial charge in [-0.1, -0.05) is 6.07 Å². The highest BCUT2D eigenvalue weighted by Crippen LogP contribution is 2.27. The maximum Gasteiger partial charge on any atom is 0.254 e. The number of sulfonamides is 1. The number of hydrogen-bond acceptors (Lipinski definition) is 5. The fourth-order valence-electron chi connectivity index (χ4n) is 2.24. The molecule has 2 rings (SSSR count). The van der Waals surface area contributed by atoms with Crippen molar-refractivity contribution in [3.05, 3.63) is 27.7 Å². The van der Waals surface area contributed by atoms with E-state index in [9.17, 15) is 8.42 Å². The van der Waals surface area contributed by atoms with Crippen LogP contribution in [0.2, 0.25) is 0 Å². The van der Waals surface area contributed by atoms with Gasteiger partial charge in [0, 0.05) is 37.2 Å². The van der Waals surface area contributed by atoms with Gasteiger partial charge in [0.2, 0.25) is 0 Å². The van der Waals surface area contributed by atoms with Gasteiger partial charge in [0.25, 0.3) is 10.0 Å². The molecule has 0 amide bonds. The molecular weight excluding hydrogens is 356 g/mol. The molecule has 1 aromatic carbocycles. The van der Waals surface area contributed by atoms with Crippen LogP contribution in [0.4, 0.5) is 0 Å². The Morgan fingerprint density at radius 3 is 2.48 bits per heavy atom. The van der Waals surface area contributed by atoms with E-state index in [2.05, 4.69) is 25.7 Å². The molecule has 1 aliphatic heterocycles. The predicted octanol–water partition coefficient (Wildman–Crippen LogP) is 0.657. The molecule has 3 N–H and O–H groups in total. The maximum absolute atomic E-state index is 12.6. The van der Waals surface area contributed by atoms with Gasteiger partial charge in [0.05, 0.1) is 4.90 Å². The molecule has 21 heavy (non-hydrogen) atoms. The molecule has 8 heteroatoms. The van der Waals surface area contributed by atoms with Gasteiger partial charge in [0.15, 0.2) is 0 Å². The van der Waals surface area contributed by atoms with Crippen molar-refractivity contribution in [3.8, 4) is 0 Å². The van der Waals surface area contributed by atoms with Gasteiger partial charge in [-0.05, 0) is 47.1 Å². The van der Waals surface area contributed by atoms with Crippen LogP contribution in [0.15, 0.2) is 21.5 Å². The van der Waals surface area contributed by atoms with Crippen LogP contribution in [-0.4, -0.2) is 51.6 Å². The normalized spacial score (nSPS) is 18.1. The molecule has 1 saturated heterocycles. The Morgan fingerprint density at radius 2 is 1.90 bits per heavy atom. The second-order valence-electron chi connectivity index (χ2n) is 5.31. The van der Waals surface area contributed by atoms with Crippen molar-refractivity contribution < 1.29 is 8.42 Å². The third kappa shape index (κ3) is 4.02. The minimum Gasteiger partial charge on any atom is -0.326 e. The Morgan fingerprint density at radius 1 is 1.29 bits per heavy atom. The zero-order chi connectivity index (χ0) is 15.6. The lowest BCUT2D eigenvalue weighted by Gasteiger charge is -2.32. The highest BCUT2D eigenvalue weighted by atomic mass is 79.9. The fraction of sp³-hybridized carbons (Fsp3) is 0.538. The summed E-state index contributed by atoms with van der Waals surface area (Å²) >= 11 is 3.37. The summed E-state index contributed by atoms with van der Waals surface area (Å²) in [5.41, 5.74) is 7.29. The molecule has 0 bridgehead atoms. The Balaban J connectivity index is 2.25. The number of hydrogen-bond donors (Lipinski definition) is 2. The molecule has 0 radical (unpaired) electrons. The number of nitrogens with two attached hydrogens (primary N) is 1. The Bertz CT molecular complexity index is 613. The summed E-state index contributed by atoms with van der Waals surface area (Å²) in [6, 6.07) is 3.51. The van der Waals surface area contributed by atoms with E-state index in [-0.39, 0.29) is 4.90 Å². The standard InChI is InChI=1S/C13H21BrN4O2S/c1-10-7-11(9-15)8-12(13(10)14)21(19,20)16-18-5-3-17(2)4-6-18/h7-8,16H,3-6,9,15H2,1-2H3. The first-order valence-electron chi connectivity index (χ1n) is 6.78. The highest BCUT2D eigenvalue weighted by molar-refractivity contribution is 9.10. The smallest absolute Gasteiger partial charge is 0.254 e. The van der Waals surface area contributed by atoms with E-state index in [4.69, 9.17) is 5.73 Å². The van der Waals surface area contributed by atoms with Crippen LogP contribution in [-0.2, 0) is 16.6 Å². The molecule has 1 aliphatic rings. The molecule has 0 atom stereocenters. The van der Waals surface area contributed by atoms with Crippen molar-refractivity contribution in [2.75, 3.05) is 33.2 Å². The Kier molecular flexibility index (Phi) is 5.39. The van der Waals surface area contributed by atoms with E-state index >= 15 is 0 Å². The van der Waals surface area contributed by atoms with Gasteiger partial charge in [0.1, 0.15) is 0 Å². The Hall–Kier alpha value is -0.510. The summed E-state index contributed by atoms with van der Waals surface area (Å²) in [5.74, 6) is 0. The maximum atomic E-state index is 12.6. The second kappa shape index (κ2) is 6.72. The van der Waals surface area contributed by atoms with Crippen molar-refractivity contribution in [1.29, 1.82) is 0 Å². The summed E-state index contributed by atoms with van der Waals surface area (Å²) in [6.45, 7) is 5.19. The van der Waals surface area contributed by atoms with E-state index in [1.807, 2.05) is 20.0 Å². The summed E-state index contributed by atoms with van der Waals surface area (Å²) < 4.78 is 25.8. The monoisotopic (exact) mass is 376 g/mol. The largest absolute Gasteiger partial charge is 0.326 e. The van der Waals surface area contributed by atoms with Crippen LogP contribution in [0.5, 0.6) is 0 Å². The number of rotatable bonds is 4. The lowest BCUT2D eigenvalue weighted by molar-refractivity contribution is 0.135. The summed E-state index contributed by atoms with van der Waals surface area (Å²) in [5, 5.41) is 1.74. The quantitative estimate of drug-likeness (QED) is 0.806.